The summed E-state index contributed by atoms with van der Waals surface area (Å²) >= 11 is 6.37. The van der Waals surface area contributed by atoms with Gasteiger partial charge in [-0.2, -0.15) is 0 Å². The Labute approximate surface area is 212 Å². The highest BCUT2D eigenvalue weighted by atomic mass is 35.5. The average molecular weight is 501 g/mol. The quantitative estimate of drug-likeness (QED) is 0.560. The van der Waals surface area contributed by atoms with E-state index in [-0.39, 0.29) is 11.5 Å². The van der Waals surface area contributed by atoms with Crippen LogP contribution in [0.1, 0.15) is 44.7 Å². The maximum absolute atomic E-state index is 12.5. The maximum Gasteiger partial charge on any atom is 0.252 e. The third kappa shape index (κ3) is 6.98. The molecule has 1 amide bonds. The summed E-state index contributed by atoms with van der Waals surface area (Å²) < 4.78 is 0. The molecule has 2 saturated heterocycles. The second kappa shape index (κ2) is 12.4. The summed E-state index contributed by atoms with van der Waals surface area (Å²) in [6.45, 7) is 9.22. The monoisotopic (exact) mass is 500 g/mol. The Morgan fingerprint density at radius 1 is 1.00 bits per heavy atom. The molecule has 0 aliphatic carbocycles. The van der Waals surface area contributed by atoms with Crippen molar-refractivity contribution in [2.24, 2.45) is 0 Å². The Bertz CT molecular complexity index is 1040. The maximum atomic E-state index is 12.5. The molecule has 2 aliphatic heterocycles. The van der Waals surface area contributed by atoms with Gasteiger partial charge in [0.25, 0.3) is 5.56 Å². The minimum atomic E-state index is -0.128. The molecule has 190 valence electrons. The van der Waals surface area contributed by atoms with Gasteiger partial charge >= 0.3 is 0 Å². The summed E-state index contributed by atoms with van der Waals surface area (Å²) in [4.78, 5) is 41.4. The van der Waals surface area contributed by atoms with Crippen LogP contribution in [0.5, 0.6) is 0 Å². The number of halogens is 1. The molecular formula is C26H37ClN6O2. The highest BCUT2D eigenvalue weighted by Gasteiger charge is 2.22. The van der Waals surface area contributed by atoms with Gasteiger partial charge in [0.15, 0.2) is 0 Å². The molecule has 0 bridgehead atoms. The first kappa shape index (κ1) is 25.5. The number of piperazine rings is 1. The molecule has 0 radical (unpaired) electrons. The van der Waals surface area contributed by atoms with Gasteiger partial charge in [-0.25, -0.2) is 4.98 Å². The van der Waals surface area contributed by atoms with Gasteiger partial charge in [-0.1, -0.05) is 43.5 Å². The standard InChI is InChI=1S/C26H37ClN6O2/c1-2-3-4-10-25(35)32-11-7-12-33(18-17-32)26-28-21(19-24(34)29-26)20-30-13-15-31(16-14-30)23-9-6-5-8-22(23)27/h5-6,8-9,19H,2-4,7,10-18,20H2,1H3,(H,28,29,34). The van der Waals surface area contributed by atoms with E-state index < -0.39 is 0 Å². The van der Waals surface area contributed by atoms with E-state index in [2.05, 4.69) is 32.7 Å². The van der Waals surface area contributed by atoms with Crippen molar-refractivity contribution >= 4 is 29.1 Å². The Morgan fingerprint density at radius 2 is 1.77 bits per heavy atom. The van der Waals surface area contributed by atoms with Crippen LogP contribution in [0.25, 0.3) is 0 Å². The minimum absolute atomic E-state index is 0.128. The third-order valence-corrected chi connectivity index (χ3v) is 7.20. The molecule has 2 fully saturated rings. The van der Waals surface area contributed by atoms with Crippen LogP contribution in [-0.4, -0.2) is 78.0 Å². The van der Waals surface area contributed by atoms with E-state index in [1.54, 1.807) is 6.07 Å². The molecule has 3 heterocycles. The van der Waals surface area contributed by atoms with E-state index in [1.165, 1.54) is 0 Å². The van der Waals surface area contributed by atoms with Crippen LogP contribution >= 0.6 is 11.6 Å². The molecule has 9 heteroatoms. The Kier molecular flexibility index (Phi) is 9.04. The van der Waals surface area contributed by atoms with Crippen LogP contribution in [0.3, 0.4) is 0 Å². The highest BCUT2D eigenvalue weighted by Crippen LogP contribution is 2.26. The normalized spacial score (nSPS) is 17.5. The predicted molar refractivity (Wildman–Crippen MR) is 141 cm³/mol. The number of benzene rings is 1. The first-order valence-electron chi connectivity index (χ1n) is 12.9. The Hall–Kier alpha value is -2.58. The molecule has 0 saturated carbocycles. The molecule has 0 spiro atoms. The molecule has 0 atom stereocenters. The fraction of sp³-hybridized carbons (Fsp3) is 0.577. The van der Waals surface area contributed by atoms with Crippen LogP contribution in [0.15, 0.2) is 35.1 Å². The van der Waals surface area contributed by atoms with Crippen molar-refractivity contribution in [3.05, 3.63) is 51.4 Å². The molecule has 1 aromatic heterocycles. The molecule has 1 N–H and O–H groups in total. The number of hydrogen-bond donors (Lipinski definition) is 1. The van der Waals surface area contributed by atoms with Gasteiger partial charge in [0.2, 0.25) is 11.9 Å². The molecule has 0 unspecified atom stereocenters. The number of para-hydroxylation sites is 1. The number of anilines is 2. The van der Waals surface area contributed by atoms with E-state index in [9.17, 15) is 9.59 Å². The van der Waals surface area contributed by atoms with Crippen molar-refractivity contribution in [3.63, 3.8) is 0 Å². The van der Waals surface area contributed by atoms with Crippen LogP contribution in [0.4, 0.5) is 11.6 Å². The zero-order valence-electron chi connectivity index (χ0n) is 20.7. The molecular weight excluding hydrogens is 464 g/mol. The number of rotatable bonds is 8. The summed E-state index contributed by atoms with van der Waals surface area (Å²) in [5.41, 5.74) is 1.73. The number of aromatic amines is 1. The van der Waals surface area contributed by atoms with Gasteiger partial charge in [0, 0.05) is 71.4 Å². The summed E-state index contributed by atoms with van der Waals surface area (Å²) in [5.74, 6) is 0.855. The van der Waals surface area contributed by atoms with E-state index in [4.69, 9.17) is 16.6 Å². The van der Waals surface area contributed by atoms with Crippen molar-refractivity contribution in [2.75, 3.05) is 62.2 Å². The van der Waals surface area contributed by atoms with Gasteiger partial charge in [-0.3, -0.25) is 19.5 Å². The Morgan fingerprint density at radius 3 is 2.54 bits per heavy atom. The van der Waals surface area contributed by atoms with Gasteiger partial charge in [-0.15, -0.1) is 0 Å². The molecule has 4 rings (SSSR count). The number of unbranched alkanes of at least 4 members (excludes halogenated alkanes) is 2. The number of H-pyrrole nitrogens is 1. The van der Waals surface area contributed by atoms with E-state index >= 15 is 0 Å². The summed E-state index contributed by atoms with van der Waals surface area (Å²) in [6, 6.07) is 9.55. The number of carbonyl (C=O) groups is 1. The second-order valence-corrected chi connectivity index (χ2v) is 9.86. The minimum Gasteiger partial charge on any atom is -0.368 e. The van der Waals surface area contributed by atoms with Crippen molar-refractivity contribution < 1.29 is 4.79 Å². The number of carbonyl (C=O) groups excluding carboxylic acids is 1. The Balaban J connectivity index is 1.33. The number of hydrogen-bond acceptors (Lipinski definition) is 6. The lowest BCUT2D eigenvalue weighted by molar-refractivity contribution is -0.131. The number of aromatic nitrogens is 2. The molecule has 2 aromatic rings. The third-order valence-electron chi connectivity index (χ3n) is 6.88. The van der Waals surface area contributed by atoms with Crippen LogP contribution in [0, 0.1) is 0 Å². The topological polar surface area (TPSA) is 75.8 Å². The molecule has 8 nitrogen and oxygen atoms in total. The fourth-order valence-electron chi connectivity index (χ4n) is 4.87. The largest absolute Gasteiger partial charge is 0.368 e. The molecule has 35 heavy (non-hydrogen) atoms. The first-order chi connectivity index (χ1) is 17.0. The van der Waals surface area contributed by atoms with Gasteiger partial charge in [0.1, 0.15) is 0 Å². The summed E-state index contributed by atoms with van der Waals surface area (Å²) in [7, 11) is 0. The smallest absolute Gasteiger partial charge is 0.252 e. The van der Waals surface area contributed by atoms with Crippen molar-refractivity contribution in [2.45, 2.75) is 45.6 Å². The zero-order valence-corrected chi connectivity index (χ0v) is 21.5. The van der Waals surface area contributed by atoms with Crippen LogP contribution in [-0.2, 0) is 11.3 Å². The number of nitrogens with zero attached hydrogens (tertiary/aromatic N) is 5. The van der Waals surface area contributed by atoms with Crippen molar-refractivity contribution in [1.82, 2.24) is 19.8 Å². The lowest BCUT2D eigenvalue weighted by Gasteiger charge is -2.36. The molecule has 2 aliphatic rings. The van der Waals surface area contributed by atoms with Gasteiger partial charge < -0.3 is 14.7 Å². The lowest BCUT2D eigenvalue weighted by Crippen LogP contribution is -2.46. The number of nitrogens with one attached hydrogen (secondary N) is 1. The summed E-state index contributed by atoms with van der Waals surface area (Å²) in [5, 5.41) is 0.778. The van der Waals surface area contributed by atoms with Gasteiger partial charge in [0.05, 0.1) is 16.4 Å². The first-order valence-corrected chi connectivity index (χ1v) is 13.3. The van der Waals surface area contributed by atoms with E-state index in [1.807, 2.05) is 23.1 Å². The van der Waals surface area contributed by atoms with Gasteiger partial charge in [-0.05, 0) is 25.0 Å². The average Bonchev–Trinajstić information content (AvgIpc) is 3.11. The van der Waals surface area contributed by atoms with E-state index in [0.717, 1.165) is 81.4 Å². The number of amides is 1. The zero-order chi connectivity index (χ0) is 24.6. The molecule has 1 aromatic carbocycles. The highest BCUT2D eigenvalue weighted by molar-refractivity contribution is 6.33. The van der Waals surface area contributed by atoms with E-state index in [0.29, 0.717) is 32.0 Å². The summed E-state index contributed by atoms with van der Waals surface area (Å²) in [6.07, 6.45) is 4.67. The SMILES string of the molecule is CCCCCC(=O)N1CCCN(c2nc(CN3CCN(c4ccccc4Cl)CC3)cc(=O)[nH]2)CC1. The van der Waals surface area contributed by atoms with Crippen LogP contribution in [0.2, 0.25) is 5.02 Å². The predicted octanol–water partition coefficient (Wildman–Crippen LogP) is 3.36. The van der Waals surface area contributed by atoms with Crippen molar-refractivity contribution in [1.29, 1.82) is 0 Å². The second-order valence-electron chi connectivity index (χ2n) is 9.45. The lowest BCUT2D eigenvalue weighted by atomic mass is 10.2. The van der Waals surface area contributed by atoms with Crippen molar-refractivity contribution in [3.8, 4) is 0 Å². The fourth-order valence-corrected chi connectivity index (χ4v) is 5.13. The van der Waals surface area contributed by atoms with Crippen LogP contribution < -0.4 is 15.4 Å².